The summed E-state index contributed by atoms with van der Waals surface area (Å²) in [5, 5.41) is 10.3. The normalized spacial score (nSPS) is 14.9. The molecule has 2 rings (SSSR count). The van der Waals surface area contributed by atoms with Gasteiger partial charge in [0.25, 0.3) is 5.91 Å². The third-order valence-electron chi connectivity index (χ3n) is 2.56. The first kappa shape index (κ1) is 16.9. The molecule has 1 aromatic rings. The summed E-state index contributed by atoms with van der Waals surface area (Å²) in [5.74, 6) is -2.67. The van der Waals surface area contributed by atoms with E-state index in [0.29, 0.717) is 5.56 Å². The summed E-state index contributed by atoms with van der Waals surface area (Å²) in [6, 6.07) is 3.59. The number of pyridine rings is 1. The lowest BCUT2D eigenvalue weighted by molar-refractivity contribution is -0.192. The Morgan fingerprint density at radius 2 is 1.86 bits per heavy atom. The van der Waals surface area contributed by atoms with Crippen molar-refractivity contribution in [3.63, 3.8) is 0 Å². The minimum absolute atomic E-state index is 0.0830. The Bertz CT molecular complexity index is 474. The molecule has 1 aromatic heterocycles. The number of amides is 1. The molecule has 1 fully saturated rings. The Balaban J connectivity index is 0.000000270. The molecular weight excluding hydrogens is 291 g/mol. The molecule has 21 heavy (non-hydrogen) atoms. The number of nitrogens with zero attached hydrogens (tertiary/aromatic N) is 2. The molecule has 1 saturated heterocycles. The van der Waals surface area contributed by atoms with Gasteiger partial charge in [-0.15, -0.1) is 0 Å². The third-order valence-corrected chi connectivity index (χ3v) is 2.56. The molecule has 0 atom stereocenters. The first-order valence-corrected chi connectivity index (χ1v) is 6.02. The average Bonchev–Trinajstić information content (AvgIpc) is 2.48. The number of aliphatic carboxylic acids is 1. The van der Waals surface area contributed by atoms with Crippen LogP contribution < -0.4 is 5.32 Å². The molecule has 116 valence electrons. The van der Waals surface area contributed by atoms with Gasteiger partial charge in [0.15, 0.2) is 0 Å². The van der Waals surface area contributed by atoms with Crippen molar-refractivity contribution in [2.45, 2.75) is 6.18 Å². The van der Waals surface area contributed by atoms with Crippen LogP contribution in [0.1, 0.15) is 10.4 Å². The van der Waals surface area contributed by atoms with E-state index in [0.717, 1.165) is 26.2 Å². The fourth-order valence-electron chi connectivity index (χ4n) is 1.54. The highest BCUT2D eigenvalue weighted by molar-refractivity contribution is 5.93. The van der Waals surface area contributed by atoms with Crippen molar-refractivity contribution >= 4 is 11.9 Å². The zero-order chi connectivity index (χ0) is 15.9. The summed E-state index contributed by atoms with van der Waals surface area (Å²) in [6.45, 7) is 3.33. The maximum atomic E-state index is 11.9. The monoisotopic (exact) mass is 305 g/mol. The van der Waals surface area contributed by atoms with Gasteiger partial charge < -0.3 is 15.3 Å². The van der Waals surface area contributed by atoms with E-state index in [1.807, 2.05) is 4.90 Å². The summed E-state index contributed by atoms with van der Waals surface area (Å²) in [6.07, 6.45) is -1.79. The maximum absolute atomic E-state index is 11.9. The Labute approximate surface area is 118 Å². The first-order valence-electron chi connectivity index (χ1n) is 6.02. The van der Waals surface area contributed by atoms with Crippen LogP contribution in [-0.4, -0.2) is 59.2 Å². The third kappa shape index (κ3) is 5.78. The van der Waals surface area contributed by atoms with Gasteiger partial charge in [-0.1, -0.05) is 0 Å². The number of hydrogen-bond donors (Lipinski definition) is 2. The molecule has 1 aliphatic heterocycles. The van der Waals surface area contributed by atoms with E-state index in [-0.39, 0.29) is 5.91 Å². The molecule has 0 spiro atoms. The van der Waals surface area contributed by atoms with Crippen molar-refractivity contribution in [1.29, 1.82) is 0 Å². The lowest BCUT2D eigenvalue weighted by Gasteiger charge is -2.27. The van der Waals surface area contributed by atoms with Crippen molar-refractivity contribution in [3.05, 3.63) is 30.1 Å². The molecule has 9 heteroatoms. The van der Waals surface area contributed by atoms with E-state index in [9.17, 15) is 18.0 Å². The van der Waals surface area contributed by atoms with Crippen molar-refractivity contribution in [2.75, 3.05) is 26.2 Å². The molecule has 0 bridgehead atoms. The van der Waals surface area contributed by atoms with Crippen LogP contribution in [0.5, 0.6) is 0 Å². The molecule has 0 radical (unpaired) electrons. The molecule has 0 saturated carbocycles. The van der Waals surface area contributed by atoms with E-state index < -0.39 is 12.1 Å². The number of piperazine rings is 1. The van der Waals surface area contributed by atoms with Crippen molar-refractivity contribution in [3.8, 4) is 0 Å². The van der Waals surface area contributed by atoms with Crippen LogP contribution in [0.25, 0.3) is 0 Å². The number of carbonyl (C=O) groups excluding carboxylic acids is 1. The van der Waals surface area contributed by atoms with Gasteiger partial charge in [0.2, 0.25) is 0 Å². The highest BCUT2D eigenvalue weighted by atomic mass is 19.4. The highest BCUT2D eigenvalue weighted by Crippen LogP contribution is 2.13. The lowest BCUT2D eigenvalue weighted by atomic mass is 10.2. The molecule has 0 unspecified atom stereocenters. The van der Waals surface area contributed by atoms with Crippen molar-refractivity contribution < 1.29 is 27.9 Å². The molecule has 0 aromatic carbocycles. The minimum atomic E-state index is -5.08. The molecular formula is C12H14F3N3O3. The molecule has 1 aliphatic rings. The summed E-state index contributed by atoms with van der Waals surface area (Å²) in [5.41, 5.74) is 0.675. The van der Waals surface area contributed by atoms with Gasteiger partial charge in [0.05, 0.1) is 5.56 Å². The summed E-state index contributed by atoms with van der Waals surface area (Å²) in [4.78, 5) is 26.5. The van der Waals surface area contributed by atoms with Gasteiger partial charge in [-0.2, -0.15) is 13.2 Å². The number of carbonyl (C=O) groups is 2. The quantitative estimate of drug-likeness (QED) is 0.800. The second-order valence-corrected chi connectivity index (χ2v) is 4.09. The van der Waals surface area contributed by atoms with Crippen LogP contribution in [-0.2, 0) is 4.79 Å². The Hall–Kier alpha value is -2.16. The number of carboxylic acid groups (broad SMARTS) is 1. The van der Waals surface area contributed by atoms with Gasteiger partial charge in [0.1, 0.15) is 0 Å². The second kappa shape index (κ2) is 7.58. The maximum Gasteiger partial charge on any atom is 0.490 e. The van der Waals surface area contributed by atoms with Gasteiger partial charge >= 0.3 is 12.1 Å². The van der Waals surface area contributed by atoms with Crippen LogP contribution >= 0.6 is 0 Å². The number of halogens is 3. The van der Waals surface area contributed by atoms with Gasteiger partial charge in [-0.05, 0) is 12.1 Å². The smallest absolute Gasteiger partial charge is 0.475 e. The number of carboxylic acids is 1. The fourth-order valence-corrected chi connectivity index (χ4v) is 1.54. The summed E-state index contributed by atoms with van der Waals surface area (Å²) >= 11 is 0. The van der Waals surface area contributed by atoms with Crippen LogP contribution in [0.3, 0.4) is 0 Å². The average molecular weight is 305 g/mol. The fraction of sp³-hybridized carbons (Fsp3) is 0.417. The van der Waals surface area contributed by atoms with Gasteiger partial charge in [0, 0.05) is 38.6 Å². The van der Waals surface area contributed by atoms with E-state index in [1.165, 1.54) is 0 Å². The summed E-state index contributed by atoms with van der Waals surface area (Å²) < 4.78 is 31.7. The number of nitrogens with one attached hydrogen (secondary N) is 1. The first-order chi connectivity index (χ1) is 9.82. The Morgan fingerprint density at radius 3 is 2.29 bits per heavy atom. The largest absolute Gasteiger partial charge is 0.490 e. The second-order valence-electron chi connectivity index (χ2n) is 4.09. The molecule has 0 aliphatic carbocycles. The SMILES string of the molecule is O=C(O)C(F)(F)F.O=C(c1cccnc1)N1CCNCC1. The van der Waals surface area contributed by atoms with Crippen LogP contribution in [0.2, 0.25) is 0 Å². The van der Waals surface area contributed by atoms with Crippen molar-refractivity contribution in [2.24, 2.45) is 0 Å². The zero-order valence-corrected chi connectivity index (χ0v) is 10.9. The van der Waals surface area contributed by atoms with Crippen molar-refractivity contribution in [1.82, 2.24) is 15.2 Å². The predicted molar refractivity (Wildman–Crippen MR) is 66.7 cm³/mol. The van der Waals surface area contributed by atoms with E-state index in [1.54, 1.807) is 24.5 Å². The van der Waals surface area contributed by atoms with Gasteiger partial charge in [-0.3, -0.25) is 9.78 Å². The van der Waals surface area contributed by atoms with Crippen LogP contribution in [0.4, 0.5) is 13.2 Å². The van der Waals surface area contributed by atoms with E-state index >= 15 is 0 Å². The Morgan fingerprint density at radius 1 is 1.29 bits per heavy atom. The van der Waals surface area contributed by atoms with E-state index in [4.69, 9.17) is 9.90 Å². The molecule has 1 amide bonds. The summed E-state index contributed by atoms with van der Waals surface area (Å²) in [7, 11) is 0. The van der Waals surface area contributed by atoms with Gasteiger partial charge in [-0.25, -0.2) is 4.79 Å². The molecule has 2 N–H and O–H groups in total. The predicted octanol–water partition coefficient (Wildman–Crippen LogP) is 0.760. The van der Waals surface area contributed by atoms with Crippen LogP contribution in [0, 0.1) is 0 Å². The Kier molecular flexibility index (Phi) is 6.10. The number of alkyl halides is 3. The zero-order valence-electron chi connectivity index (χ0n) is 10.9. The molecule has 6 nitrogen and oxygen atoms in total. The number of rotatable bonds is 1. The standard InChI is InChI=1S/C10H13N3O.C2HF3O2/c14-10(9-2-1-3-12-8-9)13-6-4-11-5-7-13;3-2(4,5)1(6)7/h1-3,8,11H,4-7H2;(H,6,7). The number of hydrogen-bond acceptors (Lipinski definition) is 4. The number of aromatic nitrogens is 1. The molecule has 2 heterocycles. The minimum Gasteiger partial charge on any atom is -0.475 e. The highest BCUT2D eigenvalue weighted by Gasteiger charge is 2.38. The lowest BCUT2D eigenvalue weighted by Crippen LogP contribution is -2.46. The van der Waals surface area contributed by atoms with Crippen LogP contribution in [0.15, 0.2) is 24.5 Å². The van der Waals surface area contributed by atoms with E-state index in [2.05, 4.69) is 10.3 Å². The topological polar surface area (TPSA) is 82.5 Å².